The number of carbonyl (C=O) groups excluding carboxylic acids is 3. The molecule has 0 aliphatic rings. The van der Waals surface area contributed by atoms with Crippen molar-refractivity contribution in [3.8, 4) is 0 Å². The van der Waals surface area contributed by atoms with Crippen molar-refractivity contribution in [1.82, 2.24) is 10.6 Å². The van der Waals surface area contributed by atoms with Crippen molar-refractivity contribution in [2.24, 2.45) is 0 Å². The van der Waals surface area contributed by atoms with Gasteiger partial charge in [0.05, 0.1) is 13.5 Å². The van der Waals surface area contributed by atoms with Crippen molar-refractivity contribution in [2.75, 3.05) is 12.4 Å². The van der Waals surface area contributed by atoms with Gasteiger partial charge in [-0.15, -0.1) is 0 Å². The smallest absolute Gasteiger partial charge is 0.306 e. The molecule has 2 amide bonds. The van der Waals surface area contributed by atoms with Gasteiger partial charge in [0.1, 0.15) is 0 Å². The van der Waals surface area contributed by atoms with E-state index in [1.165, 1.54) is 7.11 Å². The molecule has 1 aromatic carbocycles. The zero-order valence-electron chi connectivity index (χ0n) is 13.8. The van der Waals surface area contributed by atoms with Crippen LogP contribution in [-0.2, 0) is 14.3 Å². The van der Waals surface area contributed by atoms with Gasteiger partial charge in [-0.05, 0) is 50.3 Å². The minimum atomic E-state index is -0.459. The third kappa shape index (κ3) is 7.19. The van der Waals surface area contributed by atoms with Crippen LogP contribution in [0.3, 0.4) is 0 Å². The SMILES string of the molecule is COC(=O)CCC(=O)NC(=S)Nc1ccc(C(=O)NC(C)C)cc1. The van der Waals surface area contributed by atoms with Crippen molar-refractivity contribution in [1.29, 1.82) is 0 Å². The molecule has 8 heteroatoms. The zero-order valence-corrected chi connectivity index (χ0v) is 14.7. The molecule has 0 aromatic heterocycles. The number of anilines is 1. The molecule has 0 aliphatic heterocycles. The highest BCUT2D eigenvalue weighted by atomic mass is 32.1. The number of hydrogen-bond acceptors (Lipinski definition) is 5. The summed E-state index contributed by atoms with van der Waals surface area (Å²) in [5.74, 6) is -1.000. The third-order valence-electron chi connectivity index (χ3n) is 2.86. The van der Waals surface area contributed by atoms with Gasteiger partial charge in [-0.3, -0.25) is 14.4 Å². The summed E-state index contributed by atoms with van der Waals surface area (Å²) in [5, 5.41) is 8.21. The van der Waals surface area contributed by atoms with Gasteiger partial charge < -0.3 is 20.7 Å². The van der Waals surface area contributed by atoms with Gasteiger partial charge in [-0.1, -0.05) is 0 Å². The predicted octanol–water partition coefficient (Wildman–Crippen LogP) is 1.59. The molecule has 0 bridgehead atoms. The summed E-state index contributed by atoms with van der Waals surface area (Å²) in [6, 6.07) is 6.73. The molecule has 1 rings (SSSR count). The lowest BCUT2D eigenvalue weighted by molar-refractivity contribution is -0.142. The average Bonchev–Trinajstić information content (AvgIpc) is 2.52. The van der Waals surface area contributed by atoms with Gasteiger partial charge >= 0.3 is 5.97 Å². The highest BCUT2D eigenvalue weighted by Crippen LogP contribution is 2.09. The molecule has 130 valence electrons. The van der Waals surface area contributed by atoms with Crippen LogP contribution in [0.1, 0.15) is 37.0 Å². The summed E-state index contributed by atoms with van der Waals surface area (Å²) in [6.07, 6.45) is -0.0204. The number of ether oxygens (including phenoxy) is 1. The zero-order chi connectivity index (χ0) is 18.1. The van der Waals surface area contributed by atoms with Crippen LogP contribution >= 0.6 is 12.2 Å². The van der Waals surface area contributed by atoms with E-state index in [0.29, 0.717) is 11.3 Å². The molecule has 0 unspecified atom stereocenters. The Morgan fingerprint density at radius 1 is 1.12 bits per heavy atom. The Kier molecular flexibility index (Phi) is 7.84. The molecule has 0 spiro atoms. The fraction of sp³-hybridized carbons (Fsp3) is 0.375. The summed E-state index contributed by atoms with van der Waals surface area (Å²) in [4.78, 5) is 34.4. The number of thiocarbonyl (C=S) groups is 1. The van der Waals surface area contributed by atoms with Gasteiger partial charge in [0.2, 0.25) is 5.91 Å². The molecule has 1 aromatic rings. The molecule has 3 N–H and O–H groups in total. The Labute approximate surface area is 146 Å². The van der Waals surface area contributed by atoms with Crippen LogP contribution in [0.4, 0.5) is 5.69 Å². The van der Waals surface area contributed by atoms with Crippen molar-refractivity contribution >= 4 is 40.8 Å². The predicted molar refractivity (Wildman–Crippen MR) is 94.7 cm³/mol. The molecule has 7 nitrogen and oxygen atoms in total. The lowest BCUT2D eigenvalue weighted by Gasteiger charge is -2.11. The second kappa shape index (κ2) is 9.61. The van der Waals surface area contributed by atoms with E-state index < -0.39 is 5.97 Å². The Morgan fingerprint density at radius 3 is 2.29 bits per heavy atom. The number of hydrogen-bond donors (Lipinski definition) is 3. The van der Waals surface area contributed by atoms with Crippen LogP contribution in [0.2, 0.25) is 0 Å². The van der Waals surface area contributed by atoms with E-state index in [9.17, 15) is 14.4 Å². The van der Waals surface area contributed by atoms with Crippen molar-refractivity contribution in [3.63, 3.8) is 0 Å². The van der Waals surface area contributed by atoms with E-state index in [2.05, 4.69) is 20.7 Å². The van der Waals surface area contributed by atoms with Crippen LogP contribution in [-0.4, -0.2) is 36.0 Å². The first-order valence-electron chi connectivity index (χ1n) is 7.40. The largest absolute Gasteiger partial charge is 0.469 e. The molecule has 0 saturated carbocycles. The molecule has 0 radical (unpaired) electrons. The summed E-state index contributed by atoms with van der Waals surface area (Å²) < 4.78 is 4.46. The molecule has 0 heterocycles. The van der Waals surface area contributed by atoms with Gasteiger partial charge in [0.15, 0.2) is 5.11 Å². The van der Waals surface area contributed by atoms with Crippen LogP contribution in [0.25, 0.3) is 0 Å². The summed E-state index contributed by atoms with van der Waals surface area (Å²) in [6.45, 7) is 3.77. The van der Waals surface area contributed by atoms with Crippen molar-refractivity contribution < 1.29 is 19.1 Å². The monoisotopic (exact) mass is 351 g/mol. The van der Waals surface area contributed by atoms with Gasteiger partial charge in [-0.25, -0.2) is 0 Å². The van der Waals surface area contributed by atoms with E-state index in [-0.39, 0.29) is 35.8 Å². The van der Waals surface area contributed by atoms with E-state index in [1.807, 2.05) is 13.8 Å². The number of esters is 1. The first-order valence-corrected chi connectivity index (χ1v) is 7.81. The lowest BCUT2D eigenvalue weighted by Crippen LogP contribution is -2.34. The Balaban J connectivity index is 2.48. The first kappa shape index (κ1) is 19.6. The highest BCUT2D eigenvalue weighted by Gasteiger charge is 2.10. The number of benzene rings is 1. The van der Waals surface area contributed by atoms with Crippen LogP contribution in [0.5, 0.6) is 0 Å². The minimum Gasteiger partial charge on any atom is -0.469 e. The second-order valence-corrected chi connectivity index (χ2v) is 5.69. The Morgan fingerprint density at radius 2 is 1.75 bits per heavy atom. The lowest BCUT2D eigenvalue weighted by atomic mass is 10.2. The Bertz CT molecular complexity index is 614. The summed E-state index contributed by atoms with van der Waals surface area (Å²) >= 11 is 5.02. The highest BCUT2D eigenvalue weighted by molar-refractivity contribution is 7.80. The number of nitrogens with one attached hydrogen (secondary N) is 3. The van der Waals surface area contributed by atoms with Gasteiger partial charge in [0.25, 0.3) is 5.91 Å². The number of methoxy groups -OCH3 is 1. The molecule has 0 saturated heterocycles. The van der Waals surface area contributed by atoms with E-state index in [4.69, 9.17) is 12.2 Å². The van der Waals surface area contributed by atoms with E-state index in [0.717, 1.165) is 0 Å². The second-order valence-electron chi connectivity index (χ2n) is 5.28. The fourth-order valence-electron chi connectivity index (χ4n) is 1.72. The molecule has 0 fully saturated rings. The van der Waals surface area contributed by atoms with Crippen LogP contribution in [0, 0.1) is 0 Å². The van der Waals surface area contributed by atoms with Crippen LogP contribution < -0.4 is 16.0 Å². The molecule has 0 aliphatic carbocycles. The summed E-state index contributed by atoms with van der Waals surface area (Å²) in [5.41, 5.74) is 1.16. The van der Waals surface area contributed by atoms with Gasteiger partial charge in [0, 0.05) is 23.7 Å². The molecular weight excluding hydrogens is 330 g/mol. The third-order valence-corrected chi connectivity index (χ3v) is 3.07. The molecular formula is C16H21N3O4S. The number of rotatable bonds is 6. The Hall–Kier alpha value is -2.48. The standard InChI is InChI=1S/C16H21N3O4S/c1-10(2)17-15(22)11-4-6-12(7-5-11)18-16(24)19-13(20)8-9-14(21)23-3/h4-7,10H,8-9H2,1-3H3,(H,17,22)(H2,18,19,20,24). The summed E-state index contributed by atoms with van der Waals surface area (Å²) in [7, 11) is 1.26. The quantitative estimate of drug-likeness (QED) is 0.532. The van der Waals surface area contributed by atoms with Gasteiger partial charge in [-0.2, -0.15) is 0 Å². The fourth-order valence-corrected chi connectivity index (χ4v) is 1.95. The maximum atomic E-state index is 11.8. The normalized spacial score (nSPS) is 10.0. The van der Waals surface area contributed by atoms with Crippen molar-refractivity contribution in [2.45, 2.75) is 32.7 Å². The average molecular weight is 351 g/mol. The maximum absolute atomic E-state index is 11.8. The minimum absolute atomic E-state index is 0.00932. The maximum Gasteiger partial charge on any atom is 0.306 e. The molecule has 0 atom stereocenters. The molecule has 24 heavy (non-hydrogen) atoms. The van der Waals surface area contributed by atoms with Crippen LogP contribution in [0.15, 0.2) is 24.3 Å². The van der Waals surface area contributed by atoms with E-state index in [1.54, 1.807) is 24.3 Å². The number of amides is 2. The van der Waals surface area contributed by atoms with E-state index >= 15 is 0 Å². The van der Waals surface area contributed by atoms with Crippen molar-refractivity contribution in [3.05, 3.63) is 29.8 Å². The number of carbonyl (C=O) groups is 3. The topological polar surface area (TPSA) is 96.5 Å². The first-order chi connectivity index (χ1) is 11.3.